The van der Waals surface area contributed by atoms with E-state index >= 15 is 0 Å². The molecule has 0 aromatic carbocycles. The topological polar surface area (TPSA) is 82.7 Å². The van der Waals surface area contributed by atoms with Gasteiger partial charge in [0.15, 0.2) is 0 Å². The summed E-state index contributed by atoms with van der Waals surface area (Å²) in [5.41, 5.74) is 2.27. The van der Waals surface area contributed by atoms with Crippen molar-refractivity contribution in [2.45, 2.75) is 6.42 Å². The number of aromatic nitrogens is 3. The van der Waals surface area contributed by atoms with E-state index in [1.807, 2.05) is 0 Å². The van der Waals surface area contributed by atoms with Gasteiger partial charge in [-0.05, 0) is 12.1 Å². The standard InChI is InChI=1S/C12H15N5O/c1-13-9-2-4-15-11(6-9)12(18)16-5-3-10-7-14-8-17-10/h2,4,6-8H,3,5H2,1H3,(H,13,15)(H,14,17)(H,16,18). The van der Waals surface area contributed by atoms with E-state index in [4.69, 9.17) is 0 Å². The summed E-state index contributed by atoms with van der Waals surface area (Å²) in [5.74, 6) is -0.174. The van der Waals surface area contributed by atoms with E-state index in [-0.39, 0.29) is 5.91 Å². The van der Waals surface area contributed by atoms with E-state index < -0.39 is 0 Å². The molecule has 3 N–H and O–H groups in total. The van der Waals surface area contributed by atoms with Crippen LogP contribution in [0.15, 0.2) is 30.9 Å². The molecule has 1 amide bonds. The molecule has 2 aromatic heterocycles. The van der Waals surface area contributed by atoms with Gasteiger partial charge in [-0.15, -0.1) is 0 Å². The van der Waals surface area contributed by atoms with E-state index in [2.05, 4.69) is 25.6 Å². The molecule has 2 heterocycles. The Hall–Kier alpha value is -2.37. The molecule has 0 aliphatic heterocycles. The van der Waals surface area contributed by atoms with Gasteiger partial charge in [0, 0.05) is 43.8 Å². The summed E-state index contributed by atoms with van der Waals surface area (Å²) >= 11 is 0. The van der Waals surface area contributed by atoms with Crippen LogP contribution in [0.3, 0.4) is 0 Å². The predicted molar refractivity (Wildman–Crippen MR) is 68.4 cm³/mol. The number of aromatic amines is 1. The highest BCUT2D eigenvalue weighted by Gasteiger charge is 2.07. The first-order chi connectivity index (χ1) is 8.79. The van der Waals surface area contributed by atoms with Gasteiger partial charge in [-0.1, -0.05) is 0 Å². The van der Waals surface area contributed by atoms with E-state index in [1.54, 1.807) is 37.9 Å². The summed E-state index contributed by atoms with van der Waals surface area (Å²) in [7, 11) is 1.80. The lowest BCUT2D eigenvalue weighted by atomic mass is 10.3. The summed E-state index contributed by atoms with van der Waals surface area (Å²) in [5, 5.41) is 5.78. The Kier molecular flexibility index (Phi) is 3.90. The number of nitrogens with zero attached hydrogens (tertiary/aromatic N) is 2. The maximum Gasteiger partial charge on any atom is 0.269 e. The fourth-order valence-corrected chi connectivity index (χ4v) is 1.53. The first-order valence-electron chi connectivity index (χ1n) is 5.69. The summed E-state index contributed by atoms with van der Waals surface area (Å²) in [4.78, 5) is 22.7. The number of anilines is 1. The molecular formula is C12H15N5O. The lowest BCUT2D eigenvalue weighted by Crippen LogP contribution is -2.26. The summed E-state index contributed by atoms with van der Waals surface area (Å²) in [6, 6.07) is 3.52. The second kappa shape index (κ2) is 5.81. The van der Waals surface area contributed by atoms with Gasteiger partial charge in [-0.2, -0.15) is 0 Å². The number of hydrogen-bond donors (Lipinski definition) is 3. The molecule has 0 bridgehead atoms. The molecule has 2 aromatic rings. The lowest BCUT2D eigenvalue weighted by Gasteiger charge is -2.05. The molecule has 2 rings (SSSR count). The van der Waals surface area contributed by atoms with E-state index in [9.17, 15) is 4.79 Å². The third kappa shape index (κ3) is 3.07. The van der Waals surface area contributed by atoms with Crippen LogP contribution < -0.4 is 10.6 Å². The van der Waals surface area contributed by atoms with Crippen LogP contribution in [0, 0.1) is 0 Å². The maximum atomic E-state index is 11.8. The van der Waals surface area contributed by atoms with Gasteiger partial charge in [0.25, 0.3) is 5.91 Å². The third-order valence-electron chi connectivity index (χ3n) is 2.52. The van der Waals surface area contributed by atoms with Gasteiger partial charge in [0.2, 0.25) is 0 Å². The summed E-state index contributed by atoms with van der Waals surface area (Å²) in [6.07, 6.45) is 5.69. The van der Waals surface area contributed by atoms with Crippen LogP contribution >= 0.6 is 0 Å². The second-order valence-electron chi connectivity index (χ2n) is 3.76. The molecule has 94 valence electrons. The van der Waals surface area contributed by atoms with Crippen LogP contribution in [0.1, 0.15) is 16.2 Å². The molecule has 0 radical (unpaired) electrons. The van der Waals surface area contributed by atoms with E-state index in [0.29, 0.717) is 12.2 Å². The molecule has 0 saturated heterocycles. The van der Waals surface area contributed by atoms with Gasteiger partial charge in [0.1, 0.15) is 5.69 Å². The van der Waals surface area contributed by atoms with Crippen LogP contribution in [0.5, 0.6) is 0 Å². The maximum absolute atomic E-state index is 11.8. The quantitative estimate of drug-likeness (QED) is 0.728. The molecule has 0 unspecified atom stereocenters. The zero-order chi connectivity index (χ0) is 12.8. The second-order valence-corrected chi connectivity index (χ2v) is 3.76. The molecule has 0 aliphatic carbocycles. The highest BCUT2D eigenvalue weighted by Crippen LogP contribution is 2.06. The van der Waals surface area contributed by atoms with Crippen LogP contribution in [0.25, 0.3) is 0 Å². The fraction of sp³-hybridized carbons (Fsp3) is 0.250. The Bertz CT molecular complexity index is 509. The van der Waals surface area contributed by atoms with Crippen molar-refractivity contribution >= 4 is 11.6 Å². The van der Waals surface area contributed by atoms with Gasteiger partial charge in [0.05, 0.1) is 6.33 Å². The average molecular weight is 245 g/mol. The number of carbonyl (C=O) groups is 1. The first-order valence-corrected chi connectivity index (χ1v) is 5.69. The molecular weight excluding hydrogens is 230 g/mol. The first kappa shape index (κ1) is 12.1. The third-order valence-corrected chi connectivity index (χ3v) is 2.52. The lowest BCUT2D eigenvalue weighted by molar-refractivity contribution is 0.0949. The largest absolute Gasteiger partial charge is 0.388 e. The van der Waals surface area contributed by atoms with Crippen molar-refractivity contribution < 1.29 is 4.79 Å². The number of carbonyl (C=O) groups excluding carboxylic acids is 1. The zero-order valence-electron chi connectivity index (χ0n) is 10.1. The summed E-state index contributed by atoms with van der Waals surface area (Å²) in [6.45, 7) is 0.548. The smallest absolute Gasteiger partial charge is 0.269 e. The van der Waals surface area contributed by atoms with Crippen molar-refractivity contribution in [3.8, 4) is 0 Å². The Morgan fingerprint density at radius 3 is 3.11 bits per heavy atom. The van der Waals surface area contributed by atoms with Crippen LogP contribution in [0.2, 0.25) is 0 Å². The highest BCUT2D eigenvalue weighted by molar-refractivity contribution is 5.93. The van der Waals surface area contributed by atoms with Crippen molar-refractivity contribution in [2.75, 3.05) is 18.9 Å². The molecule has 0 aliphatic rings. The van der Waals surface area contributed by atoms with Gasteiger partial charge >= 0.3 is 0 Å². The van der Waals surface area contributed by atoms with E-state index in [0.717, 1.165) is 17.8 Å². The number of imidazole rings is 1. The molecule has 0 spiro atoms. The van der Waals surface area contributed by atoms with Crippen molar-refractivity contribution in [3.05, 3.63) is 42.2 Å². The fourth-order valence-electron chi connectivity index (χ4n) is 1.53. The molecule has 0 atom stereocenters. The number of amides is 1. The highest BCUT2D eigenvalue weighted by atomic mass is 16.1. The van der Waals surface area contributed by atoms with Crippen LogP contribution in [0.4, 0.5) is 5.69 Å². The number of rotatable bonds is 5. The van der Waals surface area contributed by atoms with Crippen molar-refractivity contribution in [1.82, 2.24) is 20.3 Å². The minimum Gasteiger partial charge on any atom is -0.388 e. The minimum atomic E-state index is -0.174. The Morgan fingerprint density at radius 2 is 2.39 bits per heavy atom. The van der Waals surface area contributed by atoms with E-state index in [1.165, 1.54) is 0 Å². The van der Waals surface area contributed by atoms with Crippen molar-refractivity contribution in [2.24, 2.45) is 0 Å². The number of pyridine rings is 1. The predicted octanol–water partition coefficient (Wildman–Crippen LogP) is 0.819. The molecule has 6 nitrogen and oxygen atoms in total. The molecule has 0 fully saturated rings. The molecule has 0 saturated carbocycles. The van der Waals surface area contributed by atoms with Gasteiger partial charge in [-0.3, -0.25) is 9.78 Å². The number of nitrogens with one attached hydrogen (secondary N) is 3. The zero-order valence-corrected chi connectivity index (χ0v) is 10.1. The SMILES string of the molecule is CNc1ccnc(C(=O)NCCc2cnc[nH]2)c1. The molecule has 18 heavy (non-hydrogen) atoms. The van der Waals surface area contributed by atoms with Crippen LogP contribution in [-0.4, -0.2) is 34.5 Å². The Morgan fingerprint density at radius 1 is 1.50 bits per heavy atom. The minimum absolute atomic E-state index is 0.174. The van der Waals surface area contributed by atoms with Gasteiger partial charge in [-0.25, -0.2) is 4.98 Å². The Balaban J connectivity index is 1.87. The monoisotopic (exact) mass is 245 g/mol. The normalized spacial score (nSPS) is 10.1. The average Bonchev–Trinajstić information content (AvgIpc) is 2.92. The Labute approximate surface area is 105 Å². The van der Waals surface area contributed by atoms with Gasteiger partial charge < -0.3 is 15.6 Å². The number of H-pyrrole nitrogens is 1. The number of hydrogen-bond acceptors (Lipinski definition) is 4. The van der Waals surface area contributed by atoms with Crippen molar-refractivity contribution in [3.63, 3.8) is 0 Å². The van der Waals surface area contributed by atoms with Crippen molar-refractivity contribution in [1.29, 1.82) is 0 Å². The molecule has 6 heteroatoms. The van der Waals surface area contributed by atoms with Crippen LogP contribution in [-0.2, 0) is 6.42 Å². The summed E-state index contributed by atoms with van der Waals surface area (Å²) < 4.78 is 0.